The largest absolute Gasteiger partial charge is 0.409 e. The predicted octanol–water partition coefficient (Wildman–Crippen LogP) is -1.57. The summed E-state index contributed by atoms with van der Waals surface area (Å²) in [7, 11) is -7.55. The number of amidine groups is 1. The number of nitrogens with one attached hydrogen (secondary N) is 1. The van der Waals surface area contributed by atoms with E-state index in [1.807, 2.05) is 0 Å². The maximum Gasteiger partial charge on any atom is 0.226 e. The van der Waals surface area contributed by atoms with Gasteiger partial charge in [-0.25, -0.2) is 21.6 Å². The molecule has 0 aromatic rings. The summed E-state index contributed by atoms with van der Waals surface area (Å²) in [4.78, 5) is 0. The number of sulfone groups is 1. The van der Waals surface area contributed by atoms with Crippen LogP contribution in [0, 0.1) is 0 Å². The first-order chi connectivity index (χ1) is 7.06. The van der Waals surface area contributed by atoms with Gasteiger partial charge in [-0.15, -0.1) is 0 Å². The molecule has 0 bridgehead atoms. The molecular formula is C6H15N3O5S2. The highest BCUT2D eigenvalue weighted by Gasteiger charge is 2.20. The second-order valence-corrected chi connectivity index (χ2v) is 7.73. The Kier molecular flexibility index (Phi) is 5.16. The third kappa shape index (κ3) is 7.43. The molecule has 0 aliphatic rings. The molecule has 10 heteroatoms. The molecule has 0 amide bonds. The van der Waals surface area contributed by atoms with Crippen LogP contribution in [-0.4, -0.2) is 45.3 Å². The lowest BCUT2D eigenvalue weighted by Gasteiger charge is -2.12. The smallest absolute Gasteiger partial charge is 0.226 e. The Balaban J connectivity index is 4.50. The van der Waals surface area contributed by atoms with Crippen molar-refractivity contribution >= 4 is 25.7 Å². The highest BCUT2D eigenvalue weighted by molar-refractivity contribution is 8.06. The summed E-state index contributed by atoms with van der Waals surface area (Å²) in [5, 5.41) is 9.95. The first-order valence-electron chi connectivity index (χ1n) is 4.20. The predicted molar refractivity (Wildman–Crippen MR) is 59.3 cm³/mol. The number of sulfonamides is 1. The van der Waals surface area contributed by atoms with Crippen molar-refractivity contribution in [1.29, 1.82) is 0 Å². The van der Waals surface area contributed by atoms with Crippen molar-refractivity contribution in [3.63, 3.8) is 0 Å². The Morgan fingerprint density at radius 1 is 1.44 bits per heavy atom. The van der Waals surface area contributed by atoms with Crippen LogP contribution in [0.25, 0.3) is 0 Å². The van der Waals surface area contributed by atoms with Gasteiger partial charge in [-0.3, -0.25) is 0 Å². The molecule has 0 aliphatic carbocycles. The van der Waals surface area contributed by atoms with Crippen LogP contribution in [0.3, 0.4) is 0 Å². The molecule has 0 saturated heterocycles. The van der Waals surface area contributed by atoms with E-state index in [4.69, 9.17) is 10.9 Å². The van der Waals surface area contributed by atoms with Crippen molar-refractivity contribution in [2.75, 3.05) is 11.3 Å². The van der Waals surface area contributed by atoms with Gasteiger partial charge in [-0.1, -0.05) is 5.16 Å². The van der Waals surface area contributed by atoms with E-state index < -0.39 is 31.0 Å². The Hall–Kier alpha value is -0.870. The minimum atomic E-state index is -3.92. The van der Waals surface area contributed by atoms with Crippen LogP contribution in [0.15, 0.2) is 5.16 Å². The number of nitrogens with two attached hydrogens (primary N) is 1. The van der Waals surface area contributed by atoms with Crippen molar-refractivity contribution in [3.05, 3.63) is 0 Å². The van der Waals surface area contributed by atoms with E-state index in [0.717, 1.165) is 6.26 Å². The van der Waals surface area contributed by atoms with Gasteiger partial charge in [0.15, 0.2) is 14.9 Å². The minimum Gasteiger partial charge on any atom is -0.409 e. The highest BCUT2D eigenvalue weighted by atomic mass is 32.3. The molecular weight excluding hydrogens is 258 g/mol. The average molecular weight is 273 g/mol. The van der Waals surface area contributed by atoms with Crippen molar-refractivity contribution in [2.24, 2.45) is 10.9 Å². The minimum absolute atomic E-state index is 0.0144. The van der Waals surface area contributed by atoms with E-state index >= 15 is 0 Å². The van der Waals surface area contributed by atoms with Crippen LogP contribution in [0.1, 0.15) is 13.3 Å². The third-order valence-electron chi connectivity index (χ3n) is 1.39. The van der Waals surface area contributed by atoms with Gasteiger partial charge in [-0.05, 0) is 6.92 Å². The SMILES string of the molecule is CC(CC(N)=NO)NS(=O)(=O)CS(C)(=O)=O. The molecule has 0 aromatic heterocycles. The Labute approximate surface area is 94.5 Å². The maximum absolute atomic E-state index is 11.3. The van der Waals surface area contributed by atoms with Crippen LogP contribution in [0.2, 0.25) is 0 Å². The molecule has 0 saturated carbocycles. The van der Waals surface area contributed by atoms with Crippen LogP contribution >= 0.6 is 0 Å². The lowest BCUT2D eigenvalue weighted by atomic mass is 10.2. The number of nitrogens with zero attached hydrogens (tertiary/aromatic N) is 1. The summed E-state index contributed by atoms with van der Waals surface area (Å²) in [6, 6.07) is -0.650. The van der Waals surface area contributed by atoms with Crippen LogP contribution in [0.4, 0.5) is 0 Å². The molecule has 16 heavy (non-hydrogen) atoms. The quantitative estimate of drug-likeness (QED) is 0.231. The van der Waals surface area contributed by atoms with Crippen molar-refractivity contribution in [1.82, 2.24) is 4.72 Å². The second kappa shape index (κ2) is 5.46. The molecule has 0 aromatic carbocycles. The average Bonchev–Trinajstić information content (AvgIpc) is 1.97. The van der Waals surface area contributed by atoms with Gasteiger partial charge >= 0.3 is 0 Å². The molecule has 1 unspecified atom stereocenters. The van der Waals surface area contributed by atoms with E-state index in [0.29, 0.717) is 0 Å². The molecule has 0 rings (SSSR count). The van der Waals surface area contributed by atoms with Gasteiger partial charge < -0.3 is 10.9 Å². The molecule has 0 heterocycles. The van der Waals surface area contributed by atoms with Crippen LogP contribution in [0.5, 0.6) is 0 Å². The summed E-state index contributed by atoms with van der Waals surface area (Å²) in [5.74, 6) is -0.144. The van der Waals surface area contributed by atoms with Crippen molar-refractivity contribution < 1.29 is 22.0 Å². The fourth-order valence-electron chi connectivity index (χ4n) is 1.02. The van der Waals surface area contributed by atoms with Crippen molar-refractivity contribution in [3.8, 4) is 0 Å². The molecule has 0 radical (unpaired) electrons. The molecule has 4 N–H and O–H groups in total. The highest BCUT2D eigenvalue weighted by Crippen LogP contribution is 1.98. The Morgan fingerprint density at radius 3 is 2.31 bits per heavy atom. The summed E-state index contributed by atoms with van der Waals surface area (Å²) in [5.41, 5.74) is 5.17. The number of oxime groups is 1. The zero-order valence-electron chi connectivity index (χ0n) is 8.91. The third-order valence-corrected chi connectivity index (χ3v) is 5.11. The van der Waals surface area contributed by atoms with Crippen LogP contribution in [-0.2, 0) is 19.9 Å². The number of hydrogen-bond acceptors (Lipinski definition) is 6. The summed E-state index contributed by atoms with van der Waals surface area (Å²) >= 11 is 0. The Morgan fingerprint density at radius 2 is 1.94 bits per heavy atom. The molecule has 0 aliphatic heterocycles. The van der Waals surface area contributed by atoms with E-state index in [2.05, 4.69) is 9.88 Å². The molecule has 0 fully saturated rings. The van der Waals surface area contributed by atoms with Gasteiger partial charge in [0.1, 0.15) is 5.84 Å². The van der Waals surface area contributed by atoms with Crippen LogP contribution < -0.4 is 10.5 Å². The molecule has 96 valence electrons. The van der Waals surface area contributed by atoms with Gasteiger partial charge in [0, 0.05) is 18.7 Å². The van der Waals surface area contributed by atoms with Gasteiger partial charge in [0.2, 0.25) is 10.0 Å². The first kappa shape index (κ1) is 15.1. The monoisotopic (exact) mass is 273 g/mol. The molecule has 8 nitrogen and oxygen atoms in total. The standard InChI is InChI=1S/C6H15N3O5S2/c1-5(3-6(7)8-10)9-16(13,14)4-15(2,11)12/h5,9-10H,3-4H2,1-2H3,(H2,7,8). The van der Waals surface area contributed by atoms with Gasteiger partial charge in [-0.2, -0.15) is 0 Å². The second-order valence-electron chi connectivity index (χ2n) is 3.47. The number of hydrogen-bond donors (Lipinski definition) is 3. The van der Waals surface area contributed by atoms with E-state index in [-0.39, 0.29) is 12.3 Å². The number of rotatable bonds is 6. The Bertz CT molecular complexity index is 453. The lowest BCUT2D eigenvalue weighted by Crippen LogP contribution is -2.38. The zero-order valence-corrected chi connectivity index (χ0v) is 10.5. The van der Waals surface area contributed by atoms with E-state index in [1.54, 1.807) is 0 Å². The fourth-order valence-corrected chi connectivity index (χ4v) is 4.24. The van der Waals surface area contributed by atoms with Gasteiger partial charge in [0.25, 0.3) is 0 Å². The lowest BCUT2D eigenvalue weighted by molar-refractivity contribution is 0.316. The van der Waals surface area contributed by atoms with Crippen molar-refractivity contribution in [2.45, 2.75) is 19.4 Å². The molecule has 1 atom stereocenters. The van der Waals surface area contributed by atoms with Gasteiger partial charge in [0.05, 0.1) is 0 Å². The fraction of sp³-hybridized carbons (Fsp3) is 0.833. The topological polar surface area (TPSA) is 139 Å². The normalized spacial score (nSPS) is 16.0. The van der Waals surface area contributed by atoms with E-state index in [9.17, 15) is 16.8 Å². The first-order valence-corrected chi connectivity index (χ1v) is 7.91. The summed E-state index contributed by atoms with van der Waals surface area (Å²) < 4.78 is 46.3. The summed E-state index contributed by atoms with van der Waals surface area (Å²) in [6.45, 7) is 1.47. The van der Waals surface area contributed by atoms with E-state index in [1.165, 1.54) is 6.92 Å². The molecule has 0 spiro atoms. The summed E-state index contributed by atoms with van der Waals surface area (Å²) in [6.07, 6.45) is 0.805. The zero-order chi connectivity index (χ0) is 13.0. The maximum atomic E-state index is 11.3.